The van der Waals surface area contributed by atoms with E-state index in [4.69, 9.17) is 9.15 Å². The van der Waals surface area contributed by atoms with Gasteiger partial charge < -0.3 is 14.5 Å². The van der Waals surface area contributed by atoms with Crippen LogP contribution in [0.1, 0.15) is 5.76 Å². The number of rotatable bonds is 6. The molecule has 0 aromatic carbocycles. The van der Waals surface area contributed by atoms with Gasteiger partial charge in [-0.15, -0.1) is 11.8 Å². The number of hydrogen-bond acceptors (Lipinski definition) is 4. The van der Waals surface area contributed by atoms with E-state index < -0.39 is 0 Å². The van der Waals surface area contributed by atoms with Crippen molar-refractivity contribution in [3.05, 3.63) is 18.1 Å². The topological polar surface area (TPSA) is 34.4 Å². The first-order valence-electron chi connectivity index (χ1n) is 4.61. The van der Waals surface area contributed by atoms with Crippen molar-refractivity contribution >= 4 is 11.8 Å². The average Bonchev–Trinajstić information content (AvgIpc) is 2.59. The predicted octanol–water partition coefficient (Wildman–Crippen LogP) is 1.91. The molecule has 0 saturated heterocycles. The summed E-state index contributed by atoms with van der Waals surface area (Å²) < 4.78 is 10.3. The maximum absolute atomic E-state index is 5.22. The third kappa shape index (κ3) is 3.36. The zero-order valence-electron chi connectivity index (χ0n) is 8.87. The number of aryl methyl sites for hydroxylation is 1. The Morgan fingerprint density at radius 1 is 1.64 bits per heavy atom. The van der Waals surface area contributed by atoms with Crippen LogP contribution in [-0.2, 0) is 4.74 Å². The molecule has 0 fully saturated rings. The lowest BCUT2D eigenvalue weighted by Crippen LogP contribution is -2.32. The molecule has 0 radical (unpaired) electrons. The molecule has 1 aromatic heterocycles. The van der Waals surface area contributed by atoms with E-state index >= 15 is 0 Å². The van der Waals surface area contributed by atoms with Gasteiger partial charge in [-0.25, -0.2) is 0 Å². The van der Waals surface area contributed by atoms with E-state index in [1.54, 1.807) is 25.1 Å². The molecule has 1 rings (SSSR count). The maximum Gasteiger partial charge on any atom is 0.114 e. The Morgan fingerprint density at radius 2 is 2.43 bits per heavy atom. The normalized spacial score (nSPS) is 13.1. The van der Waals surface area contributed by atoms with Gasteiger partial charge in [-0.2, -0.15) is 0 Å². The molecule has 4 heteroatoms. The fourth-order valence-electron chi connectivity index (χ4n) is 1.13. The Labute approximate surface area is 89.2 Å². The molecule has 0 aliphatic carbocycles. The predicted molar refractivity (Wildman–Crippen MR) is 58.9 cm³/mol. The van der Waals surface area contributed by atoms with Crippen LogP contribution in [0.2, 0.25) is 0 Å². The average molecular weight is 215 g/mol. The van der Waals surface area contributed by atoms with Gasteiger partial charge in [-0.05, 0) is 20.0 Å². The van der Waals surface area contributed by atoms with Crippen LogP contribution in [0.3, 0.4) is 0 Å². The van der Waals surface area contributed by atoms with Gasteiger partial charge in [0.05, 0.1) is 12.9 Å². The zero-order chi connectivity index (χ0) is 10.4. The third-order valence-corrected chi connectivity index (χ3v) is 3.33. The Morgan fingerprint density at radius 3 is 2.93 bits per heavy atom. The van der Waals surface area contributed by atoms with Gasteiger partial charge in [0.25, 0.3) is 0 Å². The summed E-state index contributed by atoms with van der Waals surface area (Å²) in [6.45, 7) is 2.72. The summed E-state index contributed by atoms with van der Waals surface area (Å²) in [7, 11) is 3.67. The van der Waals surface area contributed by atoms with Crippen LogP contribution in [0.15, 0.2) is 21.6 Å². The van der Waals surface area contributed by atoms with E-state index in [0.29, 0.717) is 6.04 Å². The lowest BCUT2D eigenvalue weighted by molar-refractivity contribution is 0.177. The monoisotopic (exact) mass is 215 g/mol. The number of hydrogen-bond donors (Lipinski definition) is 1. The Balaban J connectivity index is 2.35. The second kappa shape index (κ2) is 6.11. The molecule has 1 N–H and O–H groups in total. The van der Waals surface area contributed by atoms with Crippen LogP contribution in [0, 0.1) is 6.92 Å². The lowest BCUT2D eigenvalue weighted by Gasteiger charge is -2.13. The van der Waals surface area contributed by atoms with E-state index in [9.17, 15) is 0 Å². The molecule has 14 heavy (non-hydrogen) atoms. The molecule has 0 aliphatic rings. The SMILES string of the molecule is CNC(COC)CSc1ccoc1C. The number of furan rings is 1. The molecule has 1 unspecified atom stereocenters. The van der Waals surface area contributed by atoms with Gasteiger partial charge in [0.2, 0.25) is 0 Å². The second-order valence-electron chi connectivity index (χ2n) is 3.09. The summed E-state index contributed by atoms with van der Waals surface area (Å²) in [6, 6.07) is 2.39. The molecule has 0 saturated carbocycles. The maximum atomic E-state index is 5.22. The molecule has 3 nitrogen and oxygen atoms in total. The second-order valence-corrected chi connectivity index (χ2v) is 4.15. The smallest absolute Gasteiger partial charge is 0.114 e. The van der Waals surface area contributed by atoms with Gasteiger partial charge in [0.15, 0.2) is 0 Å². The summed E-state index contributed by atoms with van der Waals surface area (Å²) in [6.07, 6.45) is 1.72. The van der Waals surface area contributed by atoms with Gasteiger partial charge >= 0.3 is 0 Å². The fraction of sp³-hybridized carbons (Fsp3) is 0.600. The van der Waals surface area contributed by atoms with Crippen LogP contribution >= 0.6 is 11.8 Å². The Hall–Kier alpha value is -0.450. The highest BCUT2D eigenvalue weighted by atomic mass is 32.2. The highest BCUT2D eigenvalue weighted by molar-refractivity contribution is 7.99. The number of likely N-dealkylation sites (N-methyl/N-ethyl adjacent to an activating group) is 1. The van der Waals surface area contributed by atoms with Gasteiger partial charge in [0, 0.05) is 23.8 Å². The minimum Gasteiger partial charge on any atom is -0.468 e. The standard InChI is InChI=1S/C10H17NO2S/c1-8-10(4-5-13-8)14-7-9(11-2)6-12-3/h4-5,9,11H,6-7H2,1-3H3. The molecule has 1 aromatic rings. The van der Waals surface area contributed by atoms with Crippen LogP contribution in [-0.4, -0.2) is 32.6 Å². The summed E-state index contributed by atoms with van der Waals surface area (Å²) in [5.41, 5.74) is 0. The molecule has 1 atom stereocenters. The summed E-state index contributed by atoms with van der Waals surface area (Å²) in [5.74, 6) is 1.98. The van der Waals surface area contributed by atoms with E-state index in [1.165, 1.54) is 4.90 Å². The summed E-state index contributed by atoms with van der Waals surface area (Å²) >= 11 is 1.79. The highest BCUT2D eigenvalue weighted by Gasteiger charge is 2.08. The van der Waals surface area contributed by atoms with Crippen molar-refractivity contribution in [1.29, 1.82) is 0 Å². The van der Waals surface area contributed by atoms with Crippen LogP contribution in [0.4, 0.5) is 0 Å². The van der Waals surface area contributed by atoms with Crippen molar-refractivity contribution in [3.8, 4) is 0 Å². The molecule has 80 valence electrons. The highest BCUT2D eigenvalue weighted by Crippen LogP contribution is 2.23. The van der Waals surface area contributed by atoms with Crippen molar-refractivity contribution in [2.45, 2.75) is 17.9 Å². The van der Waals surface area contributed by atoms with E-state index in [1.807, 2.05) is 20.0 Å². The molecule has 0 spiro atoms. The van der Waals surface area contributed by atoms with Crippen LogP contribution in [0.25, 0.3) is 0 Å². The molecular formula is C10H17NO2S. The molecule has 1 heterocycles. The number of thioether (sulfide) groups is 1. The largest absolute Gasteiger partial charge is 0.468 e. The van der Waals surface area contributed by atoms with E-state index in [2.05, 4.69) is 5.32 Å². The first-order valence-corrected chi connectivity index (χ1v) is 5.59. The van der Waals surface area contributed by atoms with Gasteiger partial charge in [0.1, 0.15) is 5.76 Å². The van der Waals surface area contributed by atoms with Gasteiger partial charge in [-0.3, -0.25) is 0 Å². The van der Waals surface area contributed by atoms with Crippen LogP contribution < -0.4 is 5.32 Å². The van der Waals surface area contributed by atoms with E-state index in [-0.39, 0.29) is 0 Å². The van der Waals surface area contributed by atoms with Gasteiger partial charge in [-0.1, -0.05) is 0 Å². The first kappa shape index (κ1) is 11.6. The van der Waals surface area contributed by atoms with Crippen molar-refractivity contribution in [1.82, 2.24) is 5.32 Å². The quantitative estimate of drug-likeness (QED) is 0.735. The van der Waals surface area contributed by atoms with Crippen molar-refractivity contribution in [2.75, 3.05) is 26.5 Å². The fourth-order valence-corrected chi connectivity index (χ4v) is 2.18. The van der Waals surface area contributed by atoms with Crippen molar-refractivity contribution < 1.29 is 9.15 Å². The minimum atomic E-state index is 0.388. The van der Waals surface area contributed by atoms with Crippen LogP contribution in [0.5, 0.6) is 0 Å². The molecule has 0 amide bonds. The lowest BCUT2D eigenvalue weighted by atomic mass is 10.4. The Bertz CT molecular complexity index is 262. The summed E-state index contributed by atoms with van der Waals surface area (Å²) in [5, 5.41) is 3.21. The number of nitrogens with one attached hydrogen (secondary N) is 1. The zero-order valence-corrected chi connectivity index (χ0v) is 9.69. The molecule has 0 aliphatic heterocycles. The number of ether oxygens (including phenoxy) is 1. The van der Waals surface area contributed by atoms with Crippen molar-refractivity contribution in [2.24, 2.45) is 0 Å². The van der Waals surface area contributed by atoms with E-state index in [0.717, 1.165) is 18.1 Å². The number of methoxy groups -OCH3 is 1. The molecular weight excluding hydrogens is 198 g/mol. The van der Waals surface area contributed by atoms with Crippen molar-refractivity contribution in [3.63, 3.8) is 0 Å². The Kier molecular flexibility index (Phi) is 5.07. The summed E-state index contributed by atoms with van der Waals surface area (Å²) in [4.78, 5) is 1.21. The minimum absolute atomic E-state index is 0.388. The first-order chi connectivity index (χ1) is 6.77. The third-order valence-electron chi connectivity index (χ3n) is 2.03. The molecule has 0 bridgehead atoms.